The third kappa shape index (κ3) is 4.43. The van der Waals surface area contributed by atoms with Gasteiger partial charge in [0.15, 0.2) is 0 Å². The Morgan fingerprint density at radius 2 is 2.19 bits per heavy atom. The van der Waals surface area contributed by atoms with Crippen LogP contribution in [-0.4, -0.2) is 30.6 Å². The average molecular weight is 291 g/mol. The van der Waals surface area contributed by atoms with Gasteiger partial charge in [-0.05, 0) is 44.4 Å². The summed E-state index contributed by atoms with van der Waals surface area (Å²) < 4.78 is 0. The minimum absolute atomic E-state index is 0.183. The summed E-state index contributed by atoms with van der Waals surface area (Å²) in [6.07, 6.45) is 4.74. The number of nitro groups is 1. The molecule has 1 unspecified atom stereocenters. The summed E-state index contributed by atoms with van der Waals surface area (Å²) in [7, 11) is 0. The zero-order valence-electron chi connectivity index (χ0n) is 13.0. The van der Waals surface area contributed by atoms with Crippen molar-refractivity contribution in [3.8, 4) is 0 Å². The zero-order chi connectivity index (χ0) is 15.2. The van der Waals surface area contributed by atoms with Crippen molar-refractivity contribution < 1.29 is 4.92 Å². The largest absolute Gasteiger partial charge is 0.370 e. The van der Waals surface area contributed by atoms with Gasteiger partial charge in [-0.1, -0.05) is 13.3 Å². The minimum atomic E-state index is -0.306. The summed E-state index contributed by atoms with van der Waals surface area (Å²) in [4.78, 5) is 13.0. The van der Waals surface area contributed by atoms with Gasteiger partial charge in [-0.3, -0.25) is 10.1 Å². The summed E-state index contributed by atoms with van der Waals surface area (Å²) in [5, 5.41) is 14.6. The van der Waals surface area contributed by atoms with E-state index in [0.717, 1.165) is 37.3 Å². The van der Waals surface area contributed by atoms with E-state index in [2.05, 4.69) is 17.1 Å². The molecule has 1 aliphatic heterocycles. The molecule has 1 aromatic rings. The standard InChI is InChI=1S/C16H25N3O2/c1-3-8-18(12-14-6-4-5-7-17-14)15-9-13(2)10-16(11-15)19(20)21/h9-11,14,17H,3-8,12H2,1-2H3. The molecule has 0 saturated carbocycles. The molecule has 1 aromatic carbocycles. The van der Waals surface area contributed by atoms with Crippen molar-refractivity contribution in [1.82, 2.24) is 5.32 Å². The Bertz CT molecular complexity index is 484. The molecule has 2 rings (SSSR count). The van der Waals surface area contributed by atoms with Crippen molar-refractivity contribution in [3.63, 3.8) is 0 Å². The van der Waals surface area contributed by atoms with Crippen LogP contribution in [0.1, 0.15) is 38.2 Å². The van der Waals surface area contributed by atoms with Crippen LogP contribution in [0.4, 0.5) is 11.4 Å². The number of hydrogen-bond acceptors (Lipinski definition) is 4. The van der Waals surface area contributed by atoms with E-state index in [-0.39, 0.29) is 10.6 Å². The number of anilines is 1. The fourth-order valence-corrected chi connectivity index (χ4v) is 2.97. The number of piperidine rings is 1. The number of hydrogen-bond donors (Lipinski definition) is 1. The lowest BCUT2D eigenvalue weighted by molar-refractivity contribution is -0.384. The summed E-state index contributed by atoms with van der Waals surface area (Å²) in [6.45, 7) is 7.00. The fraction of sp³-hybridized carbons (Fsp3) is 0.625. The van der Waals surface area contributed by atoms with Crippen molar-refractivity contribution in [2.24, 2.45) is 0 Å². The molecule has 116 valence electrons. The van der Waals surface area contributed by atoms with Gasteiger partial charge in [-0.25, -0.2) is 0 Å². The first kappa shape index (κ1) is 15.8. The summed E-state index contributed by atoms with van der Waals surface area (Å²) in [6, 6.07) is 5.87. The predicted octanol–water partition coefficient (Wildman–Crippen LogP) is 3.26. The second-order valence-electron chi connectivity index (χ2n) is 5.88. The van der Waals surface area contributed by atoms with Crippen molar-refractivity contribution in [2.45, 2.75) is 45.6 Å². The van der Waals surface area contributed by atoms with E-state index in [1.807, 2.05) is 13.0 Å². The smallest absolute Gasteiger partial charge is 0.271 e. The zero-order valence-corrected chi connectivity index (χ0v) is 13.0. The van der Waals surface area contributed by atoms with E-state index in [1.165, 1.54) is 19.3 Å². The lowest BCUT2D eigenvalue weighted by Crippen LogP contribution is -2.44. The third-order valence-electron chi connectivity index (χ3n) is 3.97. The topological polar surface area (TPSA) is 58.4 Å². The molecule has 0 radical (unpaired) electrons. The maximum atomic E-state index is 11.1. The van der Waals surface area contributed by atoms with Gasteiger partial charge in [-0.2, -0.15) is 0 Å². The number of rotatable bonds is 6. The highest BCUT2D eigenvalue weighted by molar-refractivity contribution is 5.55. The van der Waals surface area contributed by atoms with E-state index in [4.69, 9.17) is 0 Å². The number of benzene rings is 1. The Balaban J connectivity index is 2.18. The molecular formula is C16H25N3O2. The maximum Gasteiger partial charge on any atom is 0.271 e. The minimum Gasteiger partial charge on any atom is -0.370 e. The fourth-order valence-electron chi connectivity index (χ4n) is 2.97. The Morgan fingerprint density at radius 1 is 1.38 bits per heavy atom. The normalized spacial score (nSPS) is 18.5. The van der Waals surface area contributed by atoms with Gasteiger partial charge in [0.2, 0.25) is 0 Å². The van der Waals surface area contributed by atoms with Gasteiger partial charge in [0.1, 0.15) is 0 Å². The molecule has 1 saturated heterocycles. The van der Waals surface area contributed by atoms with Gasteiger partial charge >= 0.3 is 0 Å². The number of nitro benzene ring substituents is 1. The second-order valence-corrected chi connectivity index (χ2v) is 5.88. The van der Waals surface area contributed by atoms with E-state index < -0.39 is 0 Å². The SMILES string of the molecule is CCCN(CC1CCCCN1)c1cc(C)cc([N+](=O)[O-])c1. The lowest BCUT2D eigenvalue weighted by atomic mass is 10.0. The second kappa shape index (κ2) is 7.41. The van der Waals surface area contributed by atoms with Crippen molar-refractivity contribution in [1.29, 1.82) is 0 Å². The lowest BCUT2D eigenvalue weighted by Gasteiger charge is -2.32. The first-order chi connectivity index (χ1) is 10.1. The maximum absolute atomic E-state index is 11.1. The molecule has 0 amide bonds. The van der Waals surface area contributed by atoms with Crippen LogP contribution in [0.2, 0.25) is 0 Å². The molecule has 1 N–H and O–H groups in total. The molecule has 0 bridgehead atoms. The quantitative estimate of drug-likeness (QED) is 0.645. The van der Waals surface area contributed by atoms with Gasteiger partial charge in [0.05, 0.1) is 4.92 Å². The van der Waals surface area contributed by atoms with Crippen LogP contribution in [-0.2, 0) is 0 Å². The van der Waals surface area contributed by atoms with Crippen LogP contribution in [0.5, 0.6) is 0 Å². The van der Waals surface area contributed by atoms with Crippen LogP contribution in [0.15, 0.2) is 18.2 Å². The predicted molar refractivity (Wildman–Crippen MR) is 86.0 cm³/mol. The highest BCUT2D eigenvalue weighted by atomic mass is 16.6. The van der Waals surface area contributed by atoms with Crippen LogP contribution in [0.25, 0.3) is 0 Å². The Labute approximate surface area is 126 Å². The number of nitrogens with zero attached hydrogens (tertiary/aromatic N) is 2. The summed E-state index contributed by atoms with van der Waals surface area (Å²) in [5.74, 6) is 0. The Hall–Kier alpha value is -1.62. The van der Waals surface area contributed by atoms with Crippen molar-refractivity contribution in [2.75, 3.05) is 24.5 Å². The van der Waals surface area contributed by atoms with E-state index in [1.54, 1.807) is 12.1 Å². The molecule has 5 heteroatoms. The van der Waals surface area contributed by atoms with E-state index >= 15 is 0 Å². The van der Waals surface area contributed by atoms with Crippen LogP contribution >= 0.6 is 0 Å². The molecule has 0 aromatic heterocycles. The molecule has 1 atom stereocenters. The van der Waals surface area contributed by atoms with Crippen molar-refractivity contribution >= 4 is 11.4 Å². The molecule has 0 spiro atoms. The molecule has 5 nitrogen and oxygen atoms in total. The van der Waals surface area contributed by atoms with Gasteiger partial charge in [0, 0.05) is 37.0 Å². The van der Waals surface area contributed by atoms with Gasteiger partial charge < -0.3 is 10.2 Å². The molecule has 21 heavy (non-hydrogen) atoms. The van der Waals surface area contributed by atoms with E-state index in [9.17, 15) is 10.1 Å². The van der Waals surface area contributed by atoms with Gasteiger partial charge in [0.25, 0.3) is 5.69 Å². The van der Waals surface area contributed by atoms with E-state index in [0.29, 0.717) is 6.04 Å². The van der Waals surface area contributed by atoms with Gasteiger partial charge in [-0.15, -0.1) is 0 Å². The molecule has 1 aliphatic rings. The van der Waals surface area contributed by atoms with Crippen molar-refractivity contribution in [3.05, 3.63) is 33.9 Å². The Kier molecular flexibility index (Phi) is 5.56. The number of nitrogens with one attached hydrogen (secondary N) is 1. The van der Waals surface area contributed by atoms with Crippen LogP contribution < -0.4 is 10.2 Å². The monoisotopic (exact) mass is 291 g/mol. The first-order valence-electron chi connectivity index (χ1n) is 7.84. The number of non-ortho nitro benzene ring substituents is 1. The average Bonchev–Trinajstić information content (AvgIpc) is 2.47. The third-order valence-corrected chi connectivity index (χ3v) is 3.97. The Morgan fingerprint density at radius 3 is 2.81 bits per heavy atom. The number of aryl methyl sites for hydroxylation is 1. The summed E-state index contributed by atoms with van der Waals surface area (Å²) >= 11 is 0. The molecular weight excluding hydrogens is 266 g/mol. The molecule has 1 heterocycles. The van der Waals surface area contributed by atoms with Crippen LogP contribution in [0.3, 0.4) is 0 Å². The molecule has 0 aliphatic carbocycles. The highest BCUT2D eigenvalue weighted by Gasteiger charge is 2.18. The summed E-state index contributed by atoms with van der Waals surface area (Å²) in [5.41, 5.74) is 2.09. The first-order valence-corrected chi connectivity index (χ1v) is 7.84. The molecule has 1 fully saturated rings. The highest BCUT2D eigenvalue weighted by Crippen LogP contribution is 2.25. The van der Waals surface area contributed by atoms with Crippen LogP contribution in [0, 0.1) is 17.0 Å².